The second kappa shape index (κ2) is 5.71. The molecule has 0 aliphatic heterocycles. The number of rotatable bonds is 3. The number of hydrogen-bond donors (Lipinski definition) is 1. The second-order valence-electron chi connectivity index (χ2n) is 4.95. The molecule has 0 fully saturated rings. The molecule has 1 heterocycles. The standard InChI is InChI=1S/C15H15FN2OS/c16-11-7-5-10(6-8-11)9-14(19)18-15-17-12-3-1-2-4-13(12)20-15/h5-8H,1-4,9H2,(H,17,18,19). The van der Waals surface area contributed by atoms with E-state index in [9.17, 15) is 9.18 Å². The van der Waals surface area contributed by atoms with Crippen molar-refractivity contribution in [3.8, 4) is 0 Å². The van der Waals surface area contributed by atoms with Crippen LogP contribution in [0.1, 0.15) is 29.0 Å². The number of carbonyl (C=O) groups excluding carboxylic acids is 1. The van der Waals surface area contributed by atoms with Gasteiger partial charge in [-0.2, -0.15) is 0 Å². The molecule has 0 saturated heterocycles. The minimum Gasteiger partial charge on any atom is -0.302 e. The second-order valence-corrected chi connectivity index (χ2v) is 6.03. The highest BCUT2D eigenvalue weighted by molar-refractivity contribution is 7.15. The number of fused-ring (bicyclic) bond motifs is 1. The Hall–Kier alpha value is -1.75. The molecule has 0 spiro atoms. The van der Waals surface area contributed by atoms with Crippen LogP contribution in [0.3, 0.4) is 0 Å². The van der Waals surface area contributed by atoms with Crippen LogP contribution in [0.15, 0.2) is 24.3 Å². The number of thiazole rings is 1. The van der Waals surface area contributed by atoms with Gasteiger partial charge >= 0.3 is 0 Å². The van der Waals surface area contributed by atoms with Crippen LogP contribution < -0.4 is 5.32 Å². The van der Waals surface area contributed by atoms with Crippen LogP contribution in [0, 0.1) is 5.82 Å². The summed E-state index contributed by atoms with van der Waals surface area (Å²) in [5.74, 6) is -0.399. The summed E-state index contributed by atoms with van der Waals surface area (Å²) >= 11 is 1.57. The number of amides is 1. The summed E-state index contributed by atoms with van der Waals surface area (Å²) in [6.45, 7) is 0. The zero-order valence-electron chi connectivity index (χ0n) is 11.0. The van der Waals surface area contributed by atoms with E-state index in [2.05, 4.69) is 10.3 Å². The van der Waals surface area contributed by atoms with Gasteiger partial charge in [0.15, 0.2) is 5.13 Å². The molecule has 0 bridgehead atoms. The summed E-state index contributed by atoms with van der Waals surface area (Å²) in [4.78, 5) is 17.7. The van der Waals surface area contributed by atoms with E-state index in [1.807, 2.05) is 0 Å². The van der Waals surface area contributed by atoms with Crippen LogP contribution in [0.2, 0.25) is 0 Å². The van der Waals surface area contributed by atoms with E-state index in [0.29, 0.717) is 5.13 Å². The highest BCUT2D eigenvalue weighted by Crippen LogP contribution is 2.29. The average molecular weight is 290 g/mol. The molecular formula is C15H15FN2OS. The Morgan fingerprint density at radius 3 is 2.75 bits per heavy atom. The SMILES string of the molecule is O=C(Cc1ccc(F)cc1)Nc1nc2c(s1)CCCC2. The fourth-order valence-corrected chi connectivity index (χ4v) is 3.42. The lowest BCUT2D eigenvalue weighted by Gasteiger charge is -2.06. The number of halogens is 1. The van der Waals surface area contributed by atoms with Gasteiger partial charge in [-0.3, -0.25) is 4.79 Å². The third-order valence-electron chi connectivity index (χ3n) is 3.37. The zero-order chi connectivity index (χ0) is 13.9. The molecule has 3 nitrogen and oxygen atoms in total. The molecule has 20 heavy (non-hydrogen) atoms. The van der Waals surface area contributed by atoms with E-state index in [-0.39, 0.29) is 18.1 Å². The van der Waals surface area contributed by atoms with Gasteiger partial charge in [-0.05, 0) is 43.4 Å². The summed E-state index contributed by atoms with van der Waals surface area (Å²) in [5, 5.41) is 3.52. The predicted molar refractivity (Wildman–Crippen MR) is 77.5 cm³/mol. The Morgan fingerprint density at radius 2 is 2.00 bits per heavy atom. The molecule has 1 N–H and O–H groups in total. The van der Waals surface area contributed by atoms with Crippen LogP contribution in [-0.4, -0.2) is 10.9 Å². The van der Waals surface area contributed by atoms with Crippen LogP contribution in [0.4, 0.5) is 9.52 Å². The maximum Gasteiger partial charge on any atom is 0.230 e. The Morgan fingerprint density at radius 1 is 1.25 bits per heavy atom. The molecule has 3 rings (SSSR count). The molecule has 1 aliphatic carbocycles. The first-order valence-electron chi connectivity index (χ1n) is 6.73. The number of benzene rings is 1. The van der Waals surface area contributed by atoms with Crippen LogP contribution in [-0.2, 0) is 24.1 Å². The van der Waals surface area contributed by atoms with E-state index in [0.717, 1.165) is 24.1 Å². The van der Waals surface area contributed by atoms with Crippen molar-refractivity contribution in [1.29, 1.82) is 0 Å². The van der Waals surface area contributed by atoms with E-state index >= 15 is 0 Å². The van der Waals surface area contributed by atoms with Gasteiger partial charge < -0.3 is 5.32 Å². The molecule has 1 aliphatic rings. The van der Waals surface area contributed by atoms with Gasteiger partial charge in [0.2, 0.25) is 5.91 Å². The van der Waals surface area contributed by atoms with Gasteiger partial charge in [-0.15, -0.1) is 11.3 Å². The normalized spacial score (nSPS) is 13.8. The van der Waals surface area contributed by atoms with Crippen molar-refractivity contribution >= 4 is 22.4 Å². The monoisotopic (exact) mass is 290 g/mol. The summed E-state index contributed by atoms with van der Waals surface area (Å²) in [7, 11) is 0. The third kappa shape index (κ3) is 3.04. The number of aromatic nitrogens is 1. The van der Waals surface area contributed by atoms with Crippen molar-refractivity contribution < 1.29 is 9.18 Å². The highest BCUT2D eigenvalue weighted by Gasteiger charge is 2.16. The number of nitrogens with one attached hydrogen (secondary N) is 1. The lowest BCUT2D eigenvalue weighted by atomic mass is 10.0. The van der Waals surface area contributed by atoms with Crippen molar-refractivity contribution in [1.82, 2.24) is 4.98 Å². The van der Waals surface area contributed by atoms with Gasteiger partial charge in [0.25, 0.3) is 0 Å². The minimum absolute atomic E-state index is 0.109. The van der Waals surface area contributed by atoms with Gasteiger partial charge in [0.1, 0.15) is 5.82 Å². The van der Waals surface area contributed by atoms with Crippen LogP contribution in [0.5, 0.6) is 0 Å². The predicted octanol–water partition coefficient (Wildman–Crippen LogP) is 3.34. The maximum atomic E-state index is 12.8. The Labute approximate surface area is 120 Å². The Bertz CT molecular complexity index is 598. The van der Waals surface area contributed by atoms with Crippen molar-refractivity contribution in [2.24, 2.45) is 0 Å². The van der Waals surface area contributed by atoms with E-state index in [1.165, 1.54) is 29.9 Å². The minimum atomic E-state index is -0.290. The number of aryl methyl sites for hydroxylation is 2. The van der Waals surface area contributed by atoms with E-state index < -0.39 is 0 Å². The first-order valence-corrected chi connectivity index (χ1v) is 7.55. The van der Waals surface area contributed by atoms with Gasteiger partial charge in [-0.25, -0.2) is 9.37 Å². The van der Waals surface area contributed by atoms with Gasteiger partial charge in [-0.1, -0.05) is 12.1 Å². The average Bonchev–Trinajstić information content (AvgIpc) is 2.83. The number of hydrogen-bond acceptors (Lipinski definition) is 3. The topological polar surface area (TPSA) is 42.0 Å². The molecule has 0 radical (unpaired) electrons. The Kier molecular flexibility index (Phi) is 3.78. The van der Waals surface area contributed by atoms with Crippen molar-refractivity contribution in [3.05, 3.63) is 46.2 Å². The van der Waals surface area contributed by atoms with E-state index in [1.54, 1.807) is 23.5 Å². The maximum absolute atomic E-state index is 12.8. The van der Waals surface area contributed by atoms with E-state index in [4.69, 9.17) is 0 Å². The fourth-order valence-electron chi connectivity index (χ4n) is 2.36. The summed E-state index contributed by atoms with van der Waals surface area (Å²) in [6.07, 6.45) is 4.71. The highest BCUT2D eigenvalue weighted by atomic mass is 32.1. The Balaban J connectivity index is 1.63. The molecule has 0 atom stereocenters. The summed E-state index contributed by atoms with van der Waals surface area (Å²) < 4.78 is 12.8. The molecule has 1 aromatic carbocycles. The summed E-state index contributed by atoms with van der Waals surface area (Å²) in [6, 6.07) is 5.99. The number of nitrogens with zero attached hydrogens (tertiary/aromatic N) is 1. The number of carbonyl (C=O) groups is 1. The van der Waals surface area contributed by atoms with Gasteiger partial charge in [0.05, 0.1) is 12.1 Å². The third-order valence-corrected chi connectivity index (χ3v) is 4.44. The first-order chi connectivity index (χ1) is 9.70. The molecule has 1 amide bonds. The molecule has 1 aromatic heterocycles. The van der Waals surface area contributed by atoms with Gasteiger partial charge in [0, 0.05) is 4.88 Å². The molecule has 2 aromatic rings. The lowest BCUT2D eigenvalue weighted by molar-refractivity contribution is -0.115. The van der Waals surface area contributed by atoms with Crippen LogP contribution in [0.25, 0.3) is 0 Å². The first kappa shape index (κ1) is 13.2. The molecule has 104 valence electrons. The van der Waals surface area contributed by atoms with Crippen molar-refractivity contribution in [2.45, 2.75) is 32.1 Å². The number of anilines is 1. The van der Waals surface area contributed by atoms with Crippen molar-refractivity contribution in [3.63, 3.8) is 0 Å². The molecule has 0 saturated carbocycles. The lowest BCUT2D eigenvalue weighted by Crippen LogP contribution is -2.14. The molecular weight excluding hydrogens is 275 g/mol. The largest absolute Gasteiger partial charge is 0.302 e. The fraction of sp³-hybridized carbons (Fsp3) is 0.333. The quantitative estimate of drug-likeness (QED) is 0.942. The zero-order valence-corrected chi connectivity index (χ0v) is 11.8. The summed E-state index contributed by atoms with van der Waals surface area (Å²) in [5.41, 5.74) is 1.93. The van der Waals surface area contributed by atoms with Crippen LogP contribution >= 0.6 is 11.3 Å². The molecule has 5 heteroatoms. The van der Waals surface area contributed by atoms with Crippen molar-refractivity contribution in [2.75, 3.05) is 5.32 Å². The smallest absolute Gasteiger partial charge is 0.230 e. The molecule has 0 unspecified atom stereocenters.